The standard InChI is InChI=1S/C17H16F3NO/c1-2-22-12-7-8-15-11(9-12)10-16(21-15)13-5-3-4-6-14(13)17(18,19)20/h3-9,16,21H,2,10H2,1H3. The lowest BCUT2D eigenvalue weighted by Crippen LogP contribution is -2.15. The highest BCUT2D eigenvalue weighted by molar-refractivity contribution is 5.61. The molecule has 1 aliphatic rings. The highest BCUT2D eigenvalue weighted by Crippen LogP contribution is 2.41. The normalized spacial score (nSPS) is 17.0. The third kappa shape index (κ3) is 2.75. The summed E-state index contributed by atoms with van der Waals surface area (Å²) >= 11 is 0. The first-order valence-electron chi connectivity index (χ1n) is 7.17. The monoisotopic (exact) mass is 307 g/mol. The van der Waals surface area contributed by atoms with E-state index in [0.29, 0.717) is 13.0 Å². The Labute approximate surface area is 126 Å². The molecule has 22 heavy (non-hydrogen) atoms. The molecule has 2 aromatic rings. The van der Waals surface area contributed by atoms with Crippen molar-refractivity contribution in [2.45, 2.75) is 25.6 Å². The van der Waals surface area contributed by atoms with Gasteiger partial charge in [0.1, 0.15) is 5.75 Å². The highest BCUT2D eigenvalue weighted by Gasteiger charge is 2.36. The van der Waals surface area contributed by atoms with Crippen LogP contribution in [0.5, 0.6) is 5.75 Å². The molecule has 0 saturated heterocycles. The fourth-order valence-electron chi connectivity index (χ4n) is 2.84. The van der Waals surface area contributed by atoms with Gasteiger partial charge in [-0.1, -0.05) is 18.2 Å². The number of halogens is 3. The van der Waals surface area contributed by atoms with Crippen LogP contribution in [-0.2, 0) is 12.6 Å². The molecule has 1 unspecified atom stereocenters. The molecule has 0 aromatic heterocycles. The summed E-state index contributed by atoms with van der Waals surface area (Å²) in [6, 6.07) is 10.9. The Bertz CT molecular complexity index is 682. The molecule has 1 N–H and O–H groups in total. The van der Waals surface area contributed by atoms with Crippen LogP contribution in [0, 0.1) is 0 Å². The van der Waals surface area contributed by atoms with Crippen LogP contribution in [0.3, 0.4) is 0 Å². The van der Waals surface area contributed by atoms with Crippen LogP contribution in [0.1, 0.15) is 29.7 Å². The SMILES string of the molecule is CCOc1ccc2c(c1)CC(c1ccccc1C(F)(F)F)N2. The van der Waals surface area contributed by atoms with Gasteiger partial charge < -0.3 is 10.1 Å². The Morgan fingerprint density at radius 3 is 2.68 bits per heavy atom. The molecule has 0 spiro atoms. The second kappa shape index (κ2) is 5.55. The molecule has 0 radical (unpaired) electrons. The van der Waals surface area contributed by atoms with E-state index >= 15 is 0 Å². The Balaban J connectivity index is 1.90. The molecular formula is C17H16F3NO. The van der Waals surface area contributed by atoms with Gasteiger partial charge in [-0.2, -0.15) is 13.2 Å². The van der Waals surface area contributed by atoms with Gasteiger partial charge in [-0.05, 0) is 48.7 Å². The maximum Gasteiger partial charge on any atom is 0.416 e. The first-order valence-corrected chi connectivity index (χ1v) is 7.17. The largest absolute Gasteiger partial charge is 0.494 e. The Kier molecular flexibility index (Phi) is 3.72. The molecule has 3 rings (SSSR count). The van der Waals surface area contributed by atoms with Crippen LogP contribution in [-0.4, -0.2) is 6.61 Å². The van der Waals surface area contributed by atoms with Crippen molar-refractivity contribution < 1.29 is 17.9 Å². The second-order valence-electron chi connectivity index (χ2n) is 5.24. The molecule has 116 valence electrons. The molecule has 0 saturated carbocycles. The van der Waals surface area contributed by atoms with E-state index in [4.69, 9.17) is 4.74 Å². The number of hydrogen-bond donors (Lipinski definition) is 1. The average Bonchev–Trinajstić information content (AvgIpc) is 2.90. The lowest BCUT2D eigenvalue weighted by Gasteiger charge is -2.18. The topological polar surface area (TPSA) is 21.3 Å². The number of alkyl halides is 3. The zero-order valence-corrected chi connectivity index (χ0v) is 12.1. The van der Waals surface area contributed by atoms with E-state index in [0.717, 1.165) is 23.1 Å². The minimum absolute atomic E-state index is 0.282. The molecule has 2 nitrogen and oxygen atoms in total. The maximum absolute atomic E-state index is 13.1. The molecule has 0 amide bonds. The van der Waals surface area contributed by atoms with Gasteiger partial charge in [-0.25, -0.2) is 0 Å². The van der Waals surface area contributed by atoms with Gasteiger partial charge in [0.15, 0.2) is 0 Å². The van der Waals surface area contributed by atoms with Crippen LogP contribution in [0.4, 0.5) is 18.9 Å². The number of nitrogens with one attached hydrogen (secondary N) is 1. The smallest absolute Gasteiger partial charge is 0.416 e. The minimum Gasteiger partial charge on any atom is -0.494 e. The predicted molar refractivity (Wildman–Crippen MR) is 79.1 cm³/mol. The zero-order chi connectivity index (χ0) is 15.7. The molecule has 1 aliphatic heterocycles. The van der Waals surface area contributed by atoms with Crippen molar-refractivity contribution in [3.8, 4) is 5.75 Å². The number of rotatable bonds is 3. The number of hydrogen-bond acceptors (Lipinski definition) is 2. The number of anilines is 1. The van der Waals surface area contributed by atoms with Crippen LogP contribution >= 0.6 is 0 Å². The van der Waals surface area contributed by atoms with Crippen molar-refractivity contribution in [1.29, 1.82) is 0 Å². The van der Waals surface area contributed by atoms with Crippen molar-refractivity contribution >= 4 is 5.69 Å². The minimum atomic E-state index is -4.34. The lowest BCUT2D eigenvalue weighted by molar-refractivity contribution is -0.138. The van der Waals surface area contributed by atoms with Crippen LogP contribution in [0.2, 0.25) is 0 Å². The van der Waals surface area contributed by atoms with Crippen LogP contribution < -0.4 is 10.1 Å². The van der Waals surface area contributed by atoms with Crippen molar-refractivity contribution in [1.82, 2.24) is 0 Å². The summed E-state index contributed by atoms with van der Waals surface area (Å²) in [6.45, 7) is 2.46. The number of benzene rings is 2. The summed E-state index contributed by atoms with van der Waals surface area (Å²) in [7, 11) is 0. The van der Waals surface area contributed by atoms with Gasteiger partial charge in [0.05, 0.1) is 18.2 Å². The Morgan fingerprint density at radius 1 is 1.18 bits per heavy atom. The van der Waals surface area contributed by atoms with E-state index in [1.54, 1.807) is 6.07 Å². The molecule has 0 bridgehead atoms. The third-order valence-corrected chi connectivity index (χ3v) is 3.78. The van der Waals surface area contributed by atoms with E-state index in [-0.39, 0.29) is 11.6 Å². The van der Waals surface area contributed by atoms with Crippen LogP contribution in [0.25, 0.3) is 0 Å². The van der Waals surface area contributed by atoms with Crippen molar-refractivity contribution in [2.24, 2.45) is 0 Å². The van der Waals surface area contributed by atoms with Crippen molar-refractivity contribution in [3.63, 3.8) is 0 Å². The van der Waals surface area contributed by atoms with E-state index in [2.05, 4.69) is 5.32 Å². The molecule has 2 aromatic carbocycles. The molecule has 1 heterocycles. The zero-order valence-electron chi connectivity index (χ0n) is 12.1. The van der Waals surface area contributed by atoms with Gasteiger partial charge in [0, 0.05) is 5.69 Å². The maximum atomic E-state index is 13.1. The third-order valence-electron chi connectivity index (χ3n) is 3.78. The fourth-order valence-corrected chi connectivity index (χ4v) is 2.84. The summed E-state index contributed by atoms with van der Waals surface area (Å²) in [6.07, 6.45) is -3.83. The van der Waals surface area contributed by atoms with Crippen LogP contribution in [0.15, 0.2) is 42.5 Å². The van der Waals surface area contributed by atoms with Gasteiger partial charge in [-0.3, -0.25) is 0 Å². The van der Waals surface area contributed by atoms with Crippen molar-refractivity contribution in [3.05, 3.63) is 59.2 Å². The summed E-state index contributed by atoms with van der Waals surface area (Å²) in [5.74, 6) is 0.743. The summed E-state index contributed by atoms with van der Waals surface area (Å²) < 4.78 is 44.9. The van der Waals surface area contributed by atoms with Gasteiger partial charge in [0.2, 0.25) is 0 Å². The van der Waals surface area contributed by atoms with Crippen molar-refractivity contribution in [2.75, 3.05) is 11.9 Å². The Hall–Kier alpha value is -2.17. The van der Waals surface area contributed by atoms with Gasteiger partial charge >= 0.3 is 6.18 Å². The quantitative estimate of drug-likeness (QED) is 0.878. The van der Waals surface area contributed by atoms with E-state index in [1.165, 1.54) is 12.1 Å². The first-order chi connectivity index (χ1) is 10.5. The number of fused-ring (bicyclic) bond motifs is 1. The predicted octanol–water partition coefficient (Wildman–Crippen LogP) is 4.81. The Morgan fingerprint density at radius 2 is 1.95 bits per heavy atom. The molecule has 1 atom stereocenters. The second-order valence-corrected chi connectivity index (χ2v) is 5.24. The fraction of sp³-hybridized carbons (Fsp3) is 0.294. The van der Waals surface area contributed by atoms with E-state index < -0.39 is 11.7 Å². The van der Waals surface area contributed by atoms with E-state index in [1.807, 2.05) is 25.1 Å². The van der Waals surface area contributed by atoms with E-state index in [9.17, 15) is 13.2 Å². The average molecular weight is 307 g/mol. The highest BCUT2D eigenvalue weighted by atomic mass is 19.4. The number of ether oxygens (including phenoxy) is 1. The summed E-state index contributed by atoms with van der Waals surface area (Å²) in [4.78, 5) is 0. The molecular weight excluding hydrogens is 291 g/mol. The van der Waals surface area contributed by atoms with Gasteiger partial charge in [0.25, 0.3) is 0 Å². The summed E-state index contributed by atoms with van der Waals surface area (Å²) in [5.41, 5.74) is 1.55. The summed E-state index contributed by atoms with van der Waals surface area (Å²) in [5, 5.41) is 3.18. The molecule has 0 fully saturated rings. The van der Waals surface area contributed by atoms with Gasteiger partial charge in [-0.15, -0.1) is 0 Å². The molecule has 5 heteroatoms. The first kappa shape index (κ1) is 14.8. The molecule has 0 aliphatic carbocycles. The lowest BCUT2D eigenvalue weighted by atomic mass is 9.97.